The van der Waals surface area contributed by atoms with Crippen molar-refractivity contribution in [2.45, 2.75) is 0 Å². The van der Waals surface area contributed by atoms with Crippen LogP contribution in [-0.2, 0) is 0 Å². The summed E-state index contributed by atoms with van der Waals surface area (Å²) in [6.07, 6.45) is 0. The molecule has 6 heteroatoms. The Labute approximate surface area is 169 Å². The van der Waals surface area contributed by atoms with Gasteiger partial charge in [0.2, 0.25) is 0 Å². The van der Waals surface area contributed by atoms with Crippen LogP contribution in [0, 0.1) is 0 Å². The third kappa shape index (κ3) is 4.00. The van der Waals surface area contributed by atoms with E-state index < -0.39 is 0 Å². The third-order valence-corrected chi connectivity index (χ3v) is 5.16. The lowest BCUT2D eigenvalue weighted by molar-refractivity contribution is 1.35. The minimum atomic E-state index is 0. The van der Waals surface area contributed by atoms with Gasteiger partial charge in [0, 0.05) is 21.9 Å². The van der Waals surface area contributed by atoms with E-state index in [2.05, 4.69) is 35.0 Å². The van der Waals surface area contributed by atoms with Crippen molar-refractivity contribution in [3.05, 3.63) is 71.4 Å². The van der Waals surface area contributed by atoms with E-state index in [0.29, 0.717) is 0 Å². The first kappa shape index (κ1) is 19.0. The number of thiazole rings is 2. The molecule has 0 spiro atoms. The summed E-state index contributed by atoms with van der Waals surface area (Å²) in [4.78, 5) is 9.45. The fraction of sp³-hybridized carbons (Fsp3) is 0. The highest BCUT2D eigenvalue weighted by molar-refractivity contribution is 8.93. The monoisotopic (exact) mass is 480 g/mol. The van der Waals surface area contributed by atoms with E-state index in [-0.39, 0.29) is 34.0 Å². The lowest BCUT2D eigenvalue weighted by Gasteiger charge is -1.94. The molecule has 0 radical (unpaired) electrons. The van der Waals surface area contributed by atoms with Crippen LogP contribution in [0.1, 0.15) is 0 Å². The van der Waals surface area contributed by atoms with Crippen LogP contribution in [0.4, 0.5) is 0 Å². The second-order valence-corrected chi connectivity index (χ2v) is 6.52. The van der Waals surface area contributed by atoms with E-state index in [1.165, 1.54) is 0 Å². The molecule has 0 unspecified atom stereocenters. The molecule has 2 nitrogen and oxygen atoms in total. The molecular formula is C18H14Br2N2S2. The van der Waals surface area contributed by atoms with Crippen molar-refractivity contribution in [3.63, 3.8) is 0 Å². The fourth-order valence-corrected chi connectivity index (χ4v) is 3.93. The number of halogens is 2. The standard InChI is InChI=1S/C18H12N2S2.2BrH/c1-3-7-13(8-4-1)15-11-21-17(19-15)18-20-16(12-22-18)14-9-5-2-6-10-14;;/h1-12H;2*1H. The SMILES string of the molecule is Br.Br.c1ccc(-c2csc(-c3nc(-c4ccccc4)cs3)n2)cc1. The summed E-state index contributed by atoms with van der Waals surface area (Å²) < 4.78 is 0. The quantitative estimate of drug-likeness (QED) is 0.323. The molecular weight excluding hydrogens is 468 g/mol. The molecule has 0 aliphatic rings. The Morgan fingerprint density at radius 3 is 1.29 bits per heavy atom. The Balaban J connectivity index is 0.00000104. The first-order chi connectivity index (χ1) is 10.9. The van der Waals surface area contributed by atoms with Crippen molar-refractivity contribution < 1.29 is 0 Å². The molecule has 0 saturated carbocycles. The summed E-state index contributed by atoms with van der Waals surface area (Å²) in [6, 6.07) is 20.5. The van der Waals surface area contributed by atoms with Gasteiger partial charge in [0.1, 0.15) is 0 Å². The van der Waals surface area contributed by atoms with Crippen LogP contribution in [0.5, 0.6) is 0 Å². The zero-order valence-electron chi connectivity index (χ0n) is 12.5. The topological polar surface area (TPSA) is 25.8 Å². The van der Waals surface area contributed by atoms with Crippen LogP contribution in [0.2, 0.25) is 0 Å². The molecule has 0 N–H and O–H groups in total. The normalized spacial score (nSPS) is 9.83. The number of aromatic nitrogens is 2. The number of hydrogen-bond acceptors (Lipinski definition) is 4. The molecule has 0 atom stereocenters. The van der Waals surface area contributed by atoms with Gasteiger partial charge < -0.3 is 0 Å². The Bertz CT molecular complexity index is 814. The predicted molar refractivity (Wildman–Crippen MR) is 115 cm³/mol. The van der Waals surface area contributed by atoms with Gasteiger partial charge in [0.05, 0.1) is 11.4 Å². The molecule has 4 rings (SSSR count). The first-order valence-corrected chi connectivity index (χ1v) is 8.68. The van der Waals surface area contributed by atoms with Crippen molar-refractivity contribution in [2.24, 2.45) is 0 Å². The number of hydrogen-bond donors (Lipinski definition) is 0. The summed E-state index contributed by atoms with van der Waals surface area (Å²) in [5.41, 5.74) is 4.31. The van der Waals surface area contributed by atoms with Gasteiger partial charge >= 0.3 is 0 Å². The Hall–Kier alpha value is -1.34. The van der Waals surface area contributed by atoms with Crippen LogP contribution in [-0.4, -0.2) is 9.97 Å². The van der Waals surface area contributed by atoms with Crippen molar-refractivity contribution in [1.29, 1.82) is 0 Å². The molecule has 0 saturated heterocycles. The van der Waals surface area contributed by atoms with Gasteiger partial charge in [0.15, 0.2) is 10.0 Å². The third-order valence-electron chi connectivity index (χ3n) is 3.33. The number of rotatable bonds is 3. The van der Waals surface area contributed by atoms with E-state index in [0.717, 1.165) is 32.5 Å². The molecule has 2 aromatic heterocycles. The van der Waals surface area contributed by atoms with E-state index in [1.54, 1.807) is 22.7 Å². The van der Waals surface area contributed by atoms with Gasteiger partial charge in [-0.15, -0.1) is 56.6 Å². The molecule has 24 heavy (non-hydrogen) atoms. The first-order valence-electron chi connectivity index (χ1n) is 6.92. The molecule has 0 aliphatic heterocycles. The Morgan fingerprint density at radius 2 is 0.917 bits per heavy atom. The molecule has 4 aromatic rings. The molecule has 0 aliphatic carbocycles. The second-order valence-electron chi connectivity index (χ2n) is 4.81. The van der Waals surface area contributed by atoms with Crippen molar-refractivity contribution >= 4 is 56.6 Å². The van der Waals surface area contributed by atoms with Crippen molar-refractivity contribution in [2.75, 3.05) is 0 Å². The van der Waals surface area contributed by atoms with Crippen LogP contribution in [0.15, 0.2) is 71.4 Å². The molecule has 2 heterocycles. The van der Waals surface area contributed by atoms with E-state index >= 15 is 0 Å². The highest BCUT2D eigenvalue weighted by Gasteiger charge is 2.11. The zero-order chi connectivity index (χ0) is 14.8. The molecule has 0 fully saturated rings. The van der Waals surface area contributed by atoms with Crippen LogP contribution in [0.3, 0.4) is 0 Å². The Morgan fingerprint density at radius 1 is 0.542 bits per heavy atom. The molecule has 0 amide bonds. The minimum absolute atomic E-state index is 0. The summed E-state index contributed by atoms with van der Waals surface area (Å²) >= 11 is 3.29. The van der Waals surface area contributed by atoms with Gasteiger partial charge in [-0.3, -0.25) is 0 Å². The highest BCUT2D eigenvalue weighted by atomic mass is 79.9. The van der Waals surface area contributed by atoms with Crippen molar-refractivity contribution in [1.82, 2.24) is 9.97 Å². The van der Waals surface area contributed by atoms with E-state index in [9.17, 15) is 0 Å². The van der Waals surface area contributed by atoms with Gasteiger partial charge in [0.25, 0.3) is 0 Å². The highest BCUT2D eigenvalue weighted by Crippen LogP contribution is 2.33. The van der Waals surface area contributed by atoms with E-state index in [1.807, 2.05) is 36.4 Å². The smallest absolute Gasteiger partial charge is 0.152 e. The average Bonchev–Trinajstić information content (AvgIpc) is 3.26. The van der Waals surface area contributed by atoms with Crippen molar-refractivity contribution in [3.8, 4) is 32.5 Å². The van der Waals surface area contributed by atoms with Gasteiger partial charge in [-0.05, 0) is 0 Å². The largest absolute Gasteiger partial charge is 0.233 e. The maximum absolute atomic E-state index is 4.72. The van der Waals surface area contributed by atoms with Gasteiger partial charge in [-0.1, -0.05) is 60.7 Å². The molecule has 122 valence electrons. The summed E-state index contributed by atoms with van der Waals surface area (Å²) in [5.74, 6) is 0. The fourth-order valence-electron chi connectivity index (χ4n) is 2.23. The molecule has 2 aromatic carbocycles. The van der Waals surface area contributed by atoms with Crippen LogP contribution >= 0.6 is 56.6 Å². The minimum Gasteiger partial charge on any atom is -0.233 e. The molecule has 0 bridgehead atoms. The zero-order valence-corrected chi connectivity index (χ0v) is 17.5. The van der Waals surface area contributed by atoms with Gasteiger partial charge in [-0.25, -0.2) is 9.97 Å². The lowest BCUT2D eigenvalue weighted by Crippen LogP contribution is -1.80. The predicted octanol–water partition coefficient (Wildman–Crippen LogP) is 6.76. The summed E-state index contributed by atoms with van der Waals surface area (Å²) in [5, 5.41) is 6.14. The number of benzene rings is 2. The summed E-state index contributed by atoms with van der Waals surface area (Å²) in [7, 11) is 0. The number of nitrogens with zero attached hydrogens (tertiary/aromatic N) is 2. The average molecular weight is 482 g/mol. The van der Waals surface area contributed by atoms with Crippen LogP contribution < -0.4 is 0 Å². The maximum Gasteiger partial charge on any atom is 0.152 e. The summed E-state index contributed by atoms with van der Waals surface area (Å²) in [6.45, 7) is 0. The van der Waals surface area contributed by atoms with E-state index in [4.69, 9.17) is 9.97 Å². The lowest BCUT2D eigenvalue weighted by atomic mass is 10.2. The van der Waals surface area contributed by atoms with Crippen LogP contribution in [0.25, 0.3) is 32.5 Å². The second kappa shape index (κ2) is 8.67. The maximum atomic E-state index is 4.72. The Kier molecular flexibility index (Phi) is 6.86. The van der Waals surface area contributed by atoms with Gasteiger partial charge in [-0.2, -0.15) is 0 Å².